The average Bonchev–Trinajstić information content (AvgIpc) is 2.23. The highest BCUT2D eigenvalue weighted by Gasteiger charge is 1.98. The number of rotatable bonds is 8. The first kappa shape index (κ1) is 20.0. The van der Waals surface area contributed by atoms with Crippen molar-refractivity contribution >= 4 is 40.0 Å². The van der Waals surface area contributed by atoms with Crippen LogP contribution < -0.4 is 15.4 Å². The van der Waals surface area contributed by atoms with E-state index in [4.69, 9.17) is 0 Å². The standard InChI is InChI=1S/C10H22N4O2S.HI/c1-4-7-12-10(11-5-2)13-8-6-9-14-17(3,15)16;/h4,14H,1,5-9H2,2-3H3,(H2,11,12,13);1H. The molecule has 0 amide bonds. The molecular formula is C10H23IN4O2S. The lowest BCUT2D eigenvalue weighted by atomic mass is 10.4. The molecule has 18 heavy (non-hydrogen) atoms. The minimum atomic E-state index is -3.09. The van der Waals surface area contributed by atoms with Crippen molar-refractivity contribution in [3.05, 3.63) is 12.7 Å². The minimum absolute atomic E-state index is 0. The Morgan fingerprint density at radius 1 is 1.39 bits per heavy atom. The highest BCUT2D eigenvalue weighted by Crippen LogP contribution is 1.82. The zero-order chi connectivity index (χ0) is 13.1. The monoisotopic (exact) mass is 390 g/mol. The molecule has 3 N–H and O–H groups in total. The lowest BCUT2D eigenvalue weighted by Gasteiger charge is -2.09. The number of hydrogen-bond donors (Lipinski definition) is 3. The van der Waals surface area contributed by atoms with Crippen LogP contribution in [0.25, 0.3) is 0 Å². The number of nitrogens with zero attached hydrogens (tertiary/aromatic N) is 1. The predicted octanol–water partition coefficient (Wildman–Crippen LogP) is 0.285. The molecule has 0 aromatic rings. The second kappa shape index (κ2) is 11.7. The summed E-state index contributed by atoms with van der Waals surface area (Å²) in [4.78, 5) is 4.28. The van der Waals surface area contributed by atoms with E-state index in [0.717, 1.165) is 12.8 Å². The molecule has 0 radical (unpaired) electrons. The van der Waals surface area contributed by atoms with Crippen molar-refractivity contribution in [2.75, 3.05) is 32.4 Å². The maximum Gasteiger partial charge on any atom is 0.208 e. The van der Waals surface area contributed by atoms with Gasteiger partial charge in [0.2, 0.25) is 10.0 Å². The van der Waals surface area contributed by atoms with Crippen molar-refractivity contribution < 1.29 is 8.42 Å². The van der Waals surface area contributed by atoms with Gasteiger partial charge in [-0.25, -0.2) is 13.1 Å². The van der Waals surface area contributed by atoms with Crippen molar-refractivity contribution in [3.8, 4) is 0 Å². The van der Waals surface area contributed by atoms with E-state index in [1.54, 1.807) is 6.08 Å². The molecule has 0 aromatic heterocycles. The molecule has 0 aliphatic carbocycles. The Morgan fingerprint density at radius 3 is 2.56 bits per heavy atom. The van der Waals surface area contributed by atoms with E-state index in [2.05, 4.69) is 26.9 Å². The van der Waals surface area contributed by atoms with Gasteiger partial charge < -0.3 is 10.6 Å². The molecule has 0 bridgehead atoms. The van der Waals surface area contributed by atoms with E-state index in [9.17, 15) is 8.42 Å². The smallest absolute Gasteiger partial charge is 0.208 e. The summed E-state index contributed by atoms with van der Waals surface area (Å²) < 4.78 is 24.0. The SMILES string of the molecule is C=CCNC(=NCCCNS(C)(=O)=O)NCC.I. The van der Waals surface area contributed by atoms with Gasteiger partial charge >= 0.3 is 0 Å². The van der Waals surface area contributed by atoms with Crippen molar-refractivity contribution in [3.63, 3.8) is 0 Å². The number of guanidine groups is 1. The van der Waals surface area contributed by atoms with Crippen molar-refractivity contribution in [1.82, 2.24) is 15.4 Å². The predicted molar refractivity (Wildman–Crippen MR) is 87.1 cm³/mol. The highest BCUT2D eigenvalue weighted by molar-refractivity contribution is 14.0. The number of hydrogen-bond acceptors (Lipinski definition) is 3. The first-order valence-corrected chi connectivity index (χ1v) is 7.46. The summed E-state index contributed by atoms with van der Waals surface area (Å²) in [5.74, 6) is 0.715. The van der Waals surface area contributed by atoms with Gasteiger partial charge in [-0.2, -0.15) is 0 Å². The topological polar surface area (TPSA) is 82.6 Å². The Morgan fingerprint density at radius 2 is 2.06 bits per heavy atom. The fourth-order valence-electron chi connectivity index (χ4n) is 1.04. The van der Waals surface area contributed by atoms with Crippen LogP contribution in [-0.4, -0.2) is 46.8 Å². The lowest BCUT2D eigenvalue weighted by molar-refractivity contribution is 0.585. The van der Waals surface area contributed by atoms with Crippen LogP contribution in [0.3, 0.4) is 0 Å². The van der Waals surface area contributed by atoms with Crippen LogP contribution >= 0.6 is 24.0 Å². The molecule has 8 heteroatoms. The second-order valence-electron chi connectivity index (χ2n) is 3.45. The van der Waals surface area contributed by atoms with Gasteiger partial charge in [0.15, 0.2) is 5.96 Å². The molecule has 0 aliphatic rings. The van der Waals surface area contributed by atoms with Gasteiger partial charge in [0.05, 0.1) is 6.26 Å². The first-order chi connectivity index (χ1) is 7.99. The summed E-state index contributed by atoms with van der Waals surface area (Å²) in [6, 6.07) is 0. The van der Waals surface area contributed by atoms with Crippen LogP contribution in [0, 0.1) is 0 Å². The summed E-state index contributed by atoms with van der Waals surface area (Å²) in [7, 11) is -3.09. The molecule has 0 unspecified atom stereocenters. The van der Waals surface area contributed by atoms with Crippen LogP contribution in [0.1, 0.15) is 13.3 Å². The molecule has 0 heterocycles. The number of aliphatic imine (C=N–C) groups is 1. The zero-order valence-electron chi connectivity index (χ0n) is 10.9. The number of halogens is 1. The maximum absolute atomic E-state index is 10.8. The summed E-state index contributed by atoms with van der Waals surface area (Å²) in [5, 5.41) is 6.14. The molecule has 0 atom stereocenters. The van der Waals surface area contributed by atoms with E-state index >= 15 is 0 Å². The normalized spacial score (nSPS) is 11.6. The van der Waals surface area contributed by atoms with Crippen LogP contribution in [-0.2, 0) is 10.0 Å². The molecule has 0 spiro atoms. The second-order valence-corrected chi connectivity index (χ2v) is 5.28. The number of nitrogens with one attached hydrogen (secondary N) is 3. The summed E-state index contributed by atoms with van der Waals surface area (Å²) >= 11 is 0. The molecule has 0 saturated heterocycles. The van der Waals surface area contributed by atoms with E-state index in [1.807, 2.05) is 6.92 Å². The van der Waals surface area contributed by atoms with Gasteiger partial charge in [0.1, 0.15) is 0 Å². The van der Waals surface area contributed by atoms with E-state index in [-0.39, 0.29) is 24.0 Å². The fraction of sp³-hybridized carbons (Fsp3) is 0.700. The third-order valence-corrected chi connectivity index (χ3v) is 2.46. The van der Waals surface area contributed by atoms with Gasteiger partial charge in [-0.15, -0.1) is 30.6 Å². The zero-order valence-corrected chi connectivity index (χ0v) is 14.0. The Hall–Kier alpha value is -0.350. The molecule has 6 nitrogen and oxygen atoms in total. The quantitative estimate of drug-likeness (QED) is 0.183. The Bertz CT molecular complexity index is 344. The molecule has 0 rings (SSSR count). The molecule has 108 valence electrons. The van der Waals surface area contributed by atoms with Gasteiger partial charge in [0, 0.05) is 26.2 Å². The lowest BCUT2D eigenvalue weighted by Crippen LogP contribution is -2.37. The highest BCUT2D eigenvalue weighted by atomic mass is 127. The molecule has 0 aromatic carbocycles. The van der Waals surface area contributed by atoms with Crippen molar-refractivity contribution in [2.24, 2.45) is 4.99 Å². The Labute approximate surface area is 127 Å². The van der Waals surface area contributed by atoms with Gasteiger partial charge in [-0.1, -0.05) is 6.08 Å². The van der Waals surface area contributed by atoms with Crippen LogP contribution in [0.2, 0.25) is 0 Å². The molecule has 0 aliphatic heterocycles. The average molecular weight is 390 g/mol. The summed E-state index contributed by atoms with van der Waals surface area (Å²) in [5.41, 5.74) is 0. The van der Waals surface area contributed by atoms with Crippen molar-refractivity contribution in [2.45, 2.75) is 13.3 Å². The molecular weight excluding hydrogens is 367 g/mol. The van der Waals surface area contributed by atoms with Gasteiger partial charge in [-0.3, -0.25) is 4.99 Å². The number of sulfonamides is 1. The van der Waals surface area contributed by atoms with E-state index in [0.29, 0.717) is 32.0 Å². The third kappa shape index (κ3) is 13.7. The largest absolute Gasteiger partial charge is 0.357 e. The minimum Gasteiger partial charge on any atom is -0.357 e. The summed E-state index contributed by atoms with van der Waals surface area (Å²) in [6.07, 6.45) is 3.56. The third-order valence-electron chi connectivity index (χ3n) is 1.73. The first-order valence-electron chi connectivity index (χ1n) is 5.57. The van der Waals surface area contributed by atoms with Crippen LogP contribution in [0.5, 0.6) is 0 Å². The van der Waals surface area contributed by atoms with Gasteiger partial charge in [0.25, 0.3) is 0 Å². The Balaban J connectivity index is 0. The van der Waals surface area contributed by atoms with Crippen molar-refractivity contribution in [1.29, 1.82) is 0 Å². The molecule has 0 saturated carbocycles. The summed E-state index contributed by atoms with van der Waals surface area (Å²) in [6.45, 7) is 7.99. The van der Waals surface area contributed by atoms with Crippen LogP contribution in [0.15, 0.2) is 17.6 Å². The molecule has 0 fully saturated rings. The van der Waals surface area contributed by atoms with E-state index < -0.39 is 10.0 Å². The fourth-order valence-corrected chi connectivity index (χ4v) is 1.55. The van der Waals surface area contributed by atoms with E-state index in [1.165, 1.54) is 0 Å². The van der Waals surface area contributed by atoms with Crippen LogP contribution in [0.4, 0.5) is 0 Å². The Kier molecular flexibility index (Phi) is 13.0. The van der Waals surface area contributed by atoms with Gasteiger partial charge in [-0.05, 0) is 13.3 Å². The maximum atomic E-state index is 10.8.